The molecule has 0 aliphatic heterocycles. The van der Waals surface area contributed by atoms with Crippen LogP contribution < -0.4 is 20.7 Å². The zero-order valence-electron chi connectivity index (χ0n) is 16.5. The van der Waals surface area contributed by atoms with E-state index in [1.54, 1.807) is 7.11 Å². The van der Waals surface area contributed by atoms with E-state index in [2.05, 4.69) is 103 Å². The fourth-order valence-electron chi connectivity index (χ4n) is 3.58. The van der Waals surface area contributed by atoms with Crippen molar-refractivity contribution in [3.63, 3.8) is 0 Å². The highest BCUT2D eigenvalue weighted by Gasteiger charge is 2.26. The van der Waals surface area contributed by atoms with E-state index in [0.29, 0.717) is 6.54 Å². The average Bonchev–Trinajstić information content (AvgIpc) is 2.82. The number of methoxy groups -OCH3 is 1. The summed E-state index contributed by atoms with van der Waals surface area (Å²) >= 11 is 0. The van der Waals surface area contributed by atoms with Crippen molar-refractivity contribution in [2.75, 3.05) is 7.11 Å². The van der Waals surface area contributed by atoms with Gasteiger partial charge in [-0.15, -0.1) is 0 Å². The van der Waals surface area contributed by atoms with Crippen LogP contribution in [-0.4, -0.2) is 7.11 Å². The molecule has 4 aromatic carbocycles. The molecule has 0 N–H and O–H groups in total. The van der Waals surface area contributed by atoms with Gasteiger partial charge in [-0.25, -0.2) is 0 Å². The highest BCUT2D eigenvalue weighted by molar-refractivity contribution is 7.87. The summed E-state index contributed by atoms with van der Waals surface area (Å²) in [7, 11) is -0.458. The largest absolute Gasteiger partial charge is 0.497 e. The van der Waals surface area contributed by atoms with Gasteiger partial charge in [0.25, 0.3) is 0 Å². The molecule has 0 bridgehead atoms. The summed E-state index contributed by atoms with van der Waals surface area (Å²) in [6, 6.07) is 40.3. The third kappa shape index (κ3) is 4.04. The quantitative estimate of drug-likeness (QED) is 0.401. The van der Waals surface area contributed by atoms with E-state index in [-0.39, 0.29) is 0 Å². The molecule has 0 heterocycles. The van der Waals surface area contributed by atoms with Crippen LogP contribution >= 0.6 is 7.05 Å². The fraction of sp³-hybridized carbons (Fsp3) is 0.0769. The Morgan fingerprint density at radius 2 is 1.10 bits per heavy atom. The molecule has 3 heteroatoms. The maximum absolute atomic E-state index is 5.47. The zero-order chi connectivity index (χ0) is 19.9. The standard InChI is InChI=1S/C26H24NOP/c1-28-23-13-11-12-22(20-23)21-27-29(24-14-5-2-6-15-24,25-16-7-3-8-17-25)26-18-9-4-10-19-26/h2-20H,21H2,1H3. The van der Waals surface area contributed by atoms with Gasteiger partial charge < -0.3 is 4.74 Å². The SMILES string of the molecule is COc1cccc(CN=P(c2ccccc2)(c2ccccc2)c2ccccc2)c1. The van der Waals surface area contributed by atoms with Gasteiger partial charge in [0.05, 0.1) is 20.7 Å². The molecule has 0 aliphatic carbocycles. The van der Waals surface area contributed by atoms with Crippen LogP contribution in [0.15, 0.2) is 120 Å². The lowest BCUT2D eigenvalue weighted by molar-refractivity contribution is 0.414. The first-order chi connectivity index (χ1) is 14.3. The molecule has 0 radical (unpaired) electrons. The third-order valence-electron chi connectivity index (χ3n) is 4.99. The van der Waals surface area contributed by atoms with Gasteiger partial charge in [-0.05, 0) is 17.7 Å². The summed E-state index contributed by atoms with van der Waals surface area (Å²) in [5, 5.41) is 3.79. The highest BCUT2D eigenvalue weighted by atomic mass is 31.2. The van der Waals surface area contributed by atoms with Crippen molar-refractivity contribution in [3.8, 4) is 5.75 Å². The Kier molecular flexibility index (Phi) is 5.93. The van der Waals surface area contributed by atoms with Gasteiger partial charge in [-0.1, -0.05) is 103 Å². The zero-order valence-corrected chi connectivity index (χ0v) is 17.4. The first-order valence-corrected chi connectivity index (χ1v) is 11.4. The Labute approximate surface area is 172 Å². The second-order valence-corrected chi connectivity index (χ2v) is 9.90. The fourth-order valence-corrected chi connectivity index (χ4v) is 7.15. The second-order valence-electron chi connectivity index (χ2n) is 6.79. The molecule has 144 valence electrons. The minimum Gasteiger partial charge on any atom is -0.497 e. The minimum absolute atomic E-state index is 0.629. The normalized spacial score (nSPS) is 11.1. The molecule has 0 amide bonds. The lowest BCUT2D eigenvalue weighted by atomic mass is 10.2. The molecule has 2 nitrogen and oxygen atoms in total. The summed E-state index contributed by atoms with van der Waals surface area (Å²) < 4.78 is 10.9. The van der Waals surface area contributed by atoms with E-state index >= 15 is 0 Å². The van der Waals surface area contributed by atoms with E-state index in [9.17, 15) is 0 Å². The van der Waals surface area contributed by atoms with E-state index in [1.165, 1.54) is 15.9 Å². The van der Waals surface area contributed by atoms with E-state index in [0.717, 1.165) is 11.3 Å². The Hall–Kier alpha value is -3.09. The molecule has 0 aliphatic rings. The Morgan fingerprint density at radius 1 is 0.621 bits per heavy atom. The monoisotopic (exact) mass is 397 g/mol. The number of nitrogens with zero attached hydrogens (tertiary/aromatic N) is 1. The Morgan fingerprint density at radius 3 is 1.55 bits per heavy atom. The van der Waals surface area contributed by atoms with Gasteiger partial charge in [-0.3, -0.25) is 4.74 Å². The van der Waals surface area contributed by atoms with Crippen LogP contribution in [0.4, 0.5) is 0 Å². The second kappa shape index (κ2) is 8.94. The summed E-state index contributed by atoms with van der Waals surface area (Å²) in [6.07, 6.45) is 0. The van der Waals surface area contributed by atoms with Gasteiger partial charge in [0.15, 0.2) is 0 Å². The maximum atomic E-state index is 5.47. The molecule has 0 unspecified atom stereocenters. The molecule has 4 aromatic rings. The van der Waals surface area contributed by atoms with Crippen molar-refractivity contribution in [1.82, 2.24) is 0 Å². The van der Waals surface area contributed by atoms with E-state index < -0.39 is 7.05 Å². The molecular weight excluding hydrogens is 373 g/mol. The topological polar surface area (TPSA) is 21.6 Å². The smallest absolute Gasteiger partial charge is 0.119 e. The van der Waals surface area contributed by atoms with Crippen molar-refractivity contribution in [1.29, 1.82) is 0 Å². The molecule has 0 spiro atoms. The highest BCUT2D eigenvalue weighted by Crippen LogP contribution is 2.46. The lowest BCUT2D eigenvalue weighted by Gasteiger charge is -2.27. The molecule has 0 atom stereocenters. The van der Waals surface area contributed by atoms with Gasteiger partial charge in [0.2, 0.25) is 0 Å². The number of rotatable bonds is 6. The van der Waals surface area contributed by atoms with Crippen LogP contribution in [0.5, 0.6) is 5.75 Å². The van der Waals surface area contributed by atoms with Crippen molar-refractivity contribution in [3.05, 3.63) is 121 Å². The van der Waals surface area contributed by atoms with E-state index in [4.69, 9.17) is 9.48 Å². The Balaban J connectivity index is 1.97. The molecule has 4 rings (SSSR count). The molecular formula is C26H24NOP. The first-order valence-electron chi connectivity index (χ1n) is 9.71. The third-order valence-corrected chi connectivity index (χ3v) is 8.69. The van der Waals surface area contributed by atoms with Crippen LogP contribution in [-0.2, 0) is 6.54 Å². The van der Waals surface area contributed by atoms with Crippen LogP contribution in [0.1, 0.15) is 5.56 Å². The lowest BCUT2D eigenvalue weighted by Crippen LogP contribution is -2.25. The molecule has 0 aromatic heterocycles. The number of hydrogen-bond donors (Lipinski definition) is 0. The molecule has 0 saturated carbocycles. The summed E-state index contributed by atoms with van der Waals surface area (Å²) in [5.74, 6) is 0.862. The maximum Gasteiger partial charge on any atom is 0.119 e. The van der Waals surface area contributed by atoms with Gasteiger partial charge in [0, 0.05) is 15.9 Å². The first kappa shape index (κ1) is 19.2. The number of ether oxygens (including phenoxy) is 1. The minimum atomic E-state index is -2.16. The van der Waals surface area contributed by atoms with E-state index in [1.807, 2.05) is 12.1 Å². The summed E-state index contributed by atoms with van der Waals surface area (Å²) in [4.78, 5) is 0. The van der Waals surface area contributed by atoms with Gasteiger partial charge in [0.1, 0.15) is 5.75 Å². The number of benzene rings is 4. The van der Waals surface area contributed by atoms with Crippen molar-refractivity contribution in [2.45, 2.75) is 6.54 Å². The van der Waals surface area contributed by atoms with Crippen LogP contribution in [0, 0.1) is 0 Å². The van der Waals surface area contributed by atoms with Crippen LogP contribution in [0.3, 0.4) is 0 Å². The molecule has 0 fully saturated rings. The molecule has 29 heavy (non-hydrogen) atoms. The van der Waals surface area contributed by atoms with Crippen molar-refractivity contribution < 1.29 is 4.74 Å². The Bertz CT molecular complexity index is 1010. The van der Waals surface area contributed by atoms with Gasteiger partial charge >= 0.3 is 0 Å². The number of hydrogen-bond acceptors (Lipinski definition) is 2. The summed E-state index contributed by atoms with van der Waals surface area (Å²) in [6.45, 7) is 0.629. The predicted octanol–water partition coefficient (Wildman–Crippen LogP) is 5.37. The van der Waals surface area contributed by atoms with Crippen molar-refractivity contribution >= 4 is 23.0 Å². The molecule has 0 saturated heterocycles. The average molecular weight is 397 g/mol. The summed E-state index contributed by atoms with van der Waals surface area (Å²) in [5.41, 5.74) is 1.15. The van der Waals surface area contributed by atoms with Crippen molar-refractivity contribution in [2.24, 2.45) is 4.74 Å². The van der Waals surface area contributed by atoms with Crippen LogP contribution in [0.25, 0.3) is 0 Å². The van der Waals surface area contributed by atoms with Gasteiger partial charge in [-0.2, -0.15) is 0 Å². The van der Waals surface area contributed by atoms with Crippen LogP contribution in [0.2, 0.25) is 0 Å². The predicted molar refractivity (Wildman–Crippen MR) is 124 cm³/mol.